The summed E-state index contributed by atoms with van der Waals surface area (Å²) in [5.74, 6) is 1.23. The van der Waals surface area contributed by atoms with Crippen molar-refractivity contribution in [3.63, 3.8) is 0 Å². The van der Waals surface area contributed by atoms with Crippen LogP contribution in [0.4, 0.5) is 5.00 Å². The van der Waals surface area contributed by atoms with Gasteiger partial charge in [0.15, 0.2) is 16.6 Å². The summed E-state index contributed by atoms with van der Waals surface area (Å²) >= 11 is 7.07. The number of thiocarbonyl (C=S) groups is 1. The van der Waals surface area contributed by atoms with Gasteiger partial charge in [-0.2, -0.15) is 0 Å². The second-order valence-corrected chi connectivity index (χ2v) is 8.14. The number of rotatable bonds is 5. The number of hydrogen-bond acceptors (Lipinski definition) is 6. The molecule has 2 N–H and O–H groups in total. The van der Waals surface area contributed by atoms with Crippen molar-refractivity contribution < 1.29 is 19.0 Å². The molecule has 1 aromatic heterocycles. The van der Waals surface area contributed by atoms with Gasteiger partial charge in [-0.15, -0.1) is 11.3 Å². The van der Waals surface area contributed by atoms with Crippen LogP contribution in [0.15, 0.2) is 18.2 Å². The molecule has 2 aliphatic rings. The fourth-order valence-corrected chi connectivity index (χ4v) is 4.97. The third-order valence-electron chi connectivity index (χ3n) is 4.77. The number of hydrogen-bond donors (Lipinski definition) is 2. The molecule has 1 aliphatic heterocycles. The molecule has 0 saturated heterocycles. The minimum absolute atomic E-state index is 0.256. The van der Waals surface area contributed by atoms with Crippen molar-refractivity contribution >= 4 is 39.6 Å². The predicted octanol–water partition coefficient (Wildman–Crippen LogP) is 4.02. The van der Waals surface area contributed by atoms with E-state index in [9.17, 15) is 4.79 Å². The molecule has 6 nitrogen and oxygen atoms in total. The Hall–Kier alpha value is -2.32. The van der Waals surface area contributed by atoms with Gasteiger partial charge in [-0.3, -0.25) is 0 Å². The Bertz CT molecular complexity index is 910. The summed E-state index contributed by atoms with van der Waals surface area (Å²) in [5, 5.41) is 7.65. The van der Waals surface area contributed by atoms with Gasteiger partial charge < -0.3 is 24.8 Å². The normalized spacial score (nSPS) is 14.3. The lowest BCUT2D eigenvalue weighted by Gasteiger charge is -2.13. The summed E-state index contributed by atoms with van der Waals surface area (Å²) in [6.07, 6.45) is 4.18. The number of nitrogens with one attached hydrogen (secondary N) is 2. The number of aryl methyl sites for hydroxylation is 1. The summed E-state index contributed by atoms with van der Waals surface area (Å²) in [7, 11) is 0. The first kappa shape index (κ1) is 19.0. The predicted molar refractivity (Wildman–Crippen MR) is 113 cm³/mol. The number of carbonyl (C=O) groups is 1. The molecule has 0 amide bonds. The first-order valence-corrected chi connectivity index (χ1v) is 10.6. The molecular formula is C20H22N2O4S2. The van der Waals surface area contributed by atoms with Gasteiger partial charge in [0.25, 0.3) is 0 Å². The molecule has 4 rings (SSSR count). The average molecular weight is 419 g/mol. The smallest absolute Gasteiger partial charge is 0.341 e. The number of benzene rings is 1. The summed E-state index contributed by atoms with van der Waals surface area (Å²) in [6.45, 7) is 2.98. The van der Waals surface area contributed by atoms with Crippen molar-refractivity contribution in [1.82, 2.24) is 5.32 Å². The molecule has 0 bridgehead atoms. The number of esters is 1. The third-order valence-corrected chi connectivity index (χ3v) is 6.22. The van der Waals surface area contributed by atoms with Gasteiger partial charge in [-0.1, -0.05) is 6.07 Å². The van der Waals surface area contributed by atoms with Crippen LogP contribution in [0, 0.1) is 0 Å². The highest BCUT2D eigenvalue weighted by Crippen LogP contribution is 2.38. The second-order valence-electron chi connectivity index (χ2n) is 6.63. The molecule has 0 atom stereocenters. The van der Waals surface area contributed by atoms with Crippen LogP contribution in [-0.4, -0.2) is 24.5 Å². The Morgan fingerprint density at radius 3 is 2.93 bits per heavy atom. The van der Waals surface area contributed by atoms with E-state index in [2.05, 4.69) is 10.6 Å². The second kappa shape index (κ2) is 8.36. The first-order chi connectivity index (χ1) is 13.7. The maximum absolute atomic E-state index is 12.5. The van der Waals surface area contributed by atoms with Gasteiger partial charge in [0.2, 0.25) is 6.79 Å². The van der Waals surface area contributed by atoms with Crippen molar-refractivity contribution in [2.45, 2.75) is 39.2 Å². The van der Waals surface area contributed by atoms with Gasteiger partial charge in [-0.05, 0) is 68.1 Å². The van der Waals surface area contributed by atoms with E-state index in [0.717, 1.165) is 53.3 Å². The van der Waals surface area contributed by atoms with Crippen molar-refractivity contribution in [2.24, 2.45) is 0 Å². The summed E-state index contributed by atoms with van der Waals surface area (Å²) in [4.78, 5) is 13.8. The van der Waals surface area contributed by atoms with E-state index in [4.69, 9.17) is 26.4 Å². The maximum Gasteiger partial charge on any atom is 0.341 e. The Morgan fingerprint density at radius 1 is 1.25 bits per heavy atom. The van der Waals surface area contributed by atoms with Crippen LogP contribution in [0.5, 0.6) is 11.5 Å². The lowest BCUT2D eigenvalue weighted by atomic mass is 9.95. The number of thiophene rings is 1. The Balaban J connectivity index is 1.45. The zero-order valence-corrected chi connectivity index (χ0v) is 17.3. The van der Waals surface area contributed by atoms with E-state index < -0.39 is 0 Å². The highest BCUT2D eigenvalue weighted by Gasteiger charge is 2.26. The van der Waals surface area contributed by atoms with Crippen LogP contribution < -0.4 is 20.1 Å². The quantitative estimate of drug-likeness (QED) is 0.561. The largest absolute Gasteiger partial charge is 0.462 e. The van der Waals surface area contributed by atoms with Crippen molar-refractivity contribution in [2.75, 3.05) is 18.7 Å². The Morgan fingerprint density at radius 2 is 2.07 bits per heavy atom. The minimum Gasteiger partial charge on any atom is -0.462 e. The van der Waals surface area contributed by atoms with Crippen LogP contribution in [-0.2, 0) is 24.1 Å². The molecule has 2 heterocycles. The molecule has 0 radical (unpaired) electrons. The molecule has 0 spiro atoms. The van der Waals surface area contributed by atoms with E-state index in [1.54, 1.807) is 11.3 Å². The van der Waals surface area contributed by atoms with E-state index in [0.29, 0.717) is 23.8 Å². The summed E-state index contributed by atoms with van der Waals surface area (Å²) < 4.78 is 16.0. The molecule has 2 aromatic rings. The molecule has 0 saturated carbocycles. The Labute approximate surface area is 173 Å². The molecule has 0 fully saturated rings. The zero-order chi connectivity index (χ0) is 19.5. The SMILES string of the molecule is CCOC(=O)c1c(NC(=S)NCc2ccc3c(c2)OCO3)sc2c1CCCC2. The van der Waals surface area contributed by atoms with Crippen LogP contribution in [0.3, 0.4) is 0 Å². The molecule has 1 aromatic carbocycles. The molecule has 28 heavy (non-hydrogen) atoms. The molecule has 148 valence electrons. The fourth-order valence-electron chi connectivity index (χ4n) is 3.45. The van der Waals surface area contributed by atoms with Gasteiger partial charge >= 0.3 is 5.97 Å². The van der Waals surface area contributed by atoms with Crippen LogP contribution in [0.25, 0.3) is 0 Å². The van der Waals surface area contributed by atoms with Gasteiger partial charge in [0.1, 0.15) is 5.00 Å². The average Bonchev–Trinajstić information content (AvgIpc) is 3.30. The van der Waals surface area contributed by atoms with Gasteiger partial charge in [0, 0.05) is 11.4 Å². The minimum atomic E-state index is -0.275. The first-order valence-electron chi connectivity index (χ1n) is 9.40. The standard InChI is InChI=1S/C20H22N2O4S2/c1-2-24-19(23)17-13-5-3-4-6-16(13)28-18(17)22-20(27)21-10-12-7-8-14-15(9-12)26-11-25-14/h7-9H,2-6,10-11H2,1H3,(H2,21,22,27). The number of anilines is 1. The number of carbonyl (C=O) groups excluding carboxylic acids is 1. The molecular weight excluding hydrogens is 396 g/mol. The van der Waals surface area contributed by atoms with Gasteiger partial charge in [-0.25, -0.2) is 4.79 Å². The van der Waals surface area contributed by atoms with Crippen LogP contribution >= 0.6 is 23.6 Å². The van der Waals surface area contributed by atoms with Crippen LogP contribution in [0.2, 0.25) is 0 Å². The lowest BCUT2D eigenvalue weighted by molar-refractivity contribution is 0.0526. The third kappa shape index (κ3) is 3.93. The molecule has 8 heteroatoms. The number of fused-ring (bicyclic) bond motifs is 2. The lowest BCUT2D eigenvalue weighted by Crippen LogP contribution is -2.28. The highest BCUT2D eigenvalue weighted by molar-refractivity contribution is 7.80. The fraction of sp³-hybridized carbons (Fsp3) is 0.400. The van der Waals surface area contributed by atoms with E-state index >= 15 is 0 Å². The summed E-state index contributed by atoms with van der Waals surface area (Å²) in [5.41, 5.74) is 2.80. The van der Waals surface area contributed by atoms with E-state index in [1.165, 1.54) is 4.88 Å². The number of ether oxygens (including phenoxy) is 3. The summed E-state index contributed by atoms with van der Waals surface area (Å²) in [6, 6.07) is 5.80. The van der Waals surface area contributed by atoms with E-state index in [-0.39, 0.29) is 12.8 Å². The topological polar surface area (TPSA) is 68.8 Å². The van der Waals surface area contributed by atoms with Gasteiger partial charge in [0.05, 0.1) is 12.2 Å². The van der Waals surface area contributed by atoms with Crippen molar-refractivity contribution in [1.29, 1.82) is 0 Å². The monoisotopic (exact) mass is 418 g/mol. The Kier molecular flexibility index (Phi) is 5.68. The highest BCUT2D eigenvalue weighted by atomic mass is 32.1. The molecule has 0 unspecified atom stereocenters. The maximum atomic E-state index is 12.5. The zero-order valence-electron chi connectivity index (χ0n) is 15.6. The van der Waals surface area contributed by atoms with Crippen molar-refractivity contribution in [3.8, 4) is 11.5 Å². The van der Waals surface area contributed by atoms with Crippen LogP contribution in [0.1, 0.15) is 46.1 Å². The molecule has 1 aliphatic carbocycles. The van der Waals surface area contributed by atoms with E-state index in [1.807, 2.05) is 25.1 Å². The van der Waals surface area contributed by atoms with Crippen molar-refractivity contribution in [3.05, 3.63) is 39.8 Å².